The van der Waals surface area contributed by atoms with Crippen LogP contribution in [-0.2, 0) is 16.1 Å². The summed E-state index contributed by atoms with van der Waals surface area (Å²) in [6.45, 7) is 5.36. The van der Waals surface area contributed by atoms with Gasteiger partial charge in [-0.25, -0.2) is 0 Å². The maximum Gasteiger partial charge on any atom is 0.246 e. The Morgan fingerprint density at radius 2 is 2.16 bits per heavy atom. The number of carbonyl (C=O) groups is 2. The van der Waals surface area contributed by atoms with Gasteiger partial charge in [0.05, 0.1) is 5.02 Å². The Hall–Kier alpha value is -2.21. The van der Waals surface area contributed by atoms with Gasteiger partial charge in [-0.2, -0.15) is 0 Å². The molecule has 25 heavy (non-hydrogen) atoms. The Bertz CT molecular complexity index is 692. The van der Waals surface area contributed by atoms with Crippen molar-refractivity contribution >= 4 is 23.4 Å². The first-order valence-corrected chi connectivity index (χ1v) is 8.76. The van der Waals surface area contributed by atoms with Crippen molar-refractivity contribution in [3.63, 3.8) is 0 Å². The van der Waals surface area contributed by atoms with Crippen LogP contribution in [0.5, 0.6) is 11.5 Å². The standard InChI is InChI=1S/C18H21ClN2O4/c1-2-16(22)21(14-5-3-4-6-20-18(14)23)11-12-9-13(19)17-15(10-12)24-7-8-25-17/h2,9-10,14H,1,3-8,11H2,(H,20,23). The van der Waals surface area contributed by atoms with Gasteiger partial charge in [0.15, 0.2) is 11.5 Å². The number of carbonyl (C=O) groups excluding carboxylic acids is 2. The molecule has 1 N–H and O–H groups in total. The Kier molecular flexibility index (Phi) is 5.48. The van der Waals surface area contributed by atoms with E-state index in [0.717, 1.165) is 18.4 Å². The lowest BCUT2D eigenvalue weighted by Crippen LogP contribution is -2.47. The average molecular weight is 365 g/mol. The lowest BCUT2D eigenvalue weighted by atomic mass is 10.1. The number of rotatable bonds is 4. The molecule has 1 saturated heterocycles. The number of nitrogens with one attached hydrogen (secondary N) is 1. The van der Waals surface area contributed by atoms with E-state index in [1.807, 2.05) is 0 Å². The van der Waals surface area contributed by atoms with Gasteiger partial charge in [-0.1, -0.05) is 18.2 Å². The number of halogens is 1. The summed E-state index contributed by atoms with van der Waals surface area (Å²) in [4.78, 5) is 26.3. The van der Waals surface area contributed by atoms with E-state index in [4.69, 9.17) is 21.1 Å². The number of fused-ring (bicyclic) bond motifs is 1. The lowest BCUT2D eigenvalue weighted by molar-refractivity contribution is -0.137. The summed E-state index contributed by atoms with van der Waals surface area (Å²) >= 11 is 6.28. The van der Waals surface area contributed by atoms with Crippen molar-refractivity contribution in [3.8, 4) is 11.5 Å². The Morgan fingerprint density at radius 1 is 1.36 bits per heavy atom. The summed E-state index contributed by atoms with van der Waals surface area (Å²) in [5.74, 6) is 0.667. The predicted octanol–water partition coefficient (Wildman–Crippen LogP) is 2.29. The summed E-state index contributed by atoms with van der Waals surface area (Å²) in [5.41, 5.74) is 0.779. The number of benzene rings is 1. The van der Waals surface area contributed by atoms with Crippen molar-refractivity contribution in [1.82, 2.24) is 10.2 Å². The lowest BCUT2D eigenvalue weighted by Gasteiger charge is -2.29. The molecule has 0 saturated carbocycles. The molecule has 2 amide bonds. The molecule has 1 aromatic carbocycles. The molecule has 0 aromatic heterocycles. The van der Waals surface area contributed by atoms with E-state index in [9.17, 15) is 9.59 Å². The number of ether oxygens (including phenoxy) is 2. The van der Waals surface area contributed by atoms with Crippen LogP contribution in [0.2, 0.25) is 5.02 Å². The summed E-state index contributed by atoms with van der Waals surface area (Å²) < 4.78 is 11.1. The highest BCUT2D eigenvalue weighted by molar-refractivity contribution is 6.32. The molecule has 0 radical (unpaired) electrons. The van der Waals surface area contributed by atoms with E-state index in [1.54, 1.807) is 12.1 Å². The molecule has 1 aromatic rings. The van der Waals surface area contributed by atoms with E-state index in [0.29, 0.717) is 42.7 Å². The van der Waals surface area contributed by atoms with Gasteiger partial charge in [0, 0.05) is 13.1 Å². The minimum Gasteiger partial charge on any atom is -0.486 e. The molecule has 1 unspecified atom stereocenters. The summed E-state index contributed by atoms with van der Waals surface area (Å²) in [6, 6.07) is 3.03. The molecule has 2 heterocycles. The zero-order valence-corrected chi connectivity index (χ0v) is 14.7. The second-order valence-electron chi connectivity index (χ2n) is 6.07. The number of hydrogen-bond donors (Lipinski definition) is 1. The fraction of sp³-hybridized carbons (Fsp3) is 0.444. The first kappa shape index (κ1) is 17.6. The third-order valence-electron chi connectivity index (χ3n) is 4.35. The van der Waals surface area contributed by atoms with Gasteiger partial charge in [0.2, 0.25) is 11.8 Å². The van der Waals surface area contributed by atoms with E-state index < -0.39 is 6.04 Å². The number of hydrogen-bond acceptors (Lipinski definition) is 4. The molecule has 0 spiro atoms. The molecule has 6 nitrogen and oxygen atoms in total. The first-order valence-electron chi connectivity index (χ1n) is 8.39. The maximum atomic E-state index is 12.4. The third kappa shape index (κ3) is 3.90. The molecular formula is C18H21ClN2O4. The van der Waals surface area contributed by atoms with Gasteiger partial charge in [-0.3, -0.25) is 9.59 Å². The van der Waals surface area contributed by atoms with Gasteiger partial charge in [0.25, 0.3) is 0 Å². The second-order valence-corrected chi connectivity index (χ2v) is 6.48. The van der Waals surface area contributed by atoms with Gasteiger partial charge < -0.3 is 19.7 Å². The van der Waals surface area contributed by atoms with E-state index in [2.05, 4.69) is 11.9 Å². The minimum absolute atomic E-state index is 0.128. The summed E-state index contributed by atoms with van der Waals surface area (Å²) in [7, 11) is 0. The molecular weight excluding hydrogens is 344 g/mol. The Balaban J connectivity index is 1.87. The molecule has 3 rings (SSSR count). The average Bonchev–Trinajstić information content (AvgIpc) is 2.83. The highest BCUT2D eigenvalue weighted by Gasteiger charge is 2.30. The van der Waals surface area contributed by atoms with Crippen LogP contribution >= 0.6 is 11.6 Å². The van der Waals surface area contributed by atoms with Crippen molar-refractivity contribution in [2.45, 2.75) is 31.8 Å². The summed E-state index contributed by atoms with van der Waals surface area (Å²) in [6.07, 6.45) is 3.65. The Morgan fingerprint density at radius 3 is 2.96 bits per heavy atom. The van der Waals surface area contributed by atoms with Crippen LogP contribution in [0.4, 0.5) is 0 Å². The summed E-state index contributed by atoms with van der Waals surface area (Å²) in [5, 5.41) is 3.30. The molecule has 0 bridgehead atoms. The molecule has 1 atom stereocenters. The van der Waals surface area contributed by atoms with E-state index in [-0.39, 0.29) is 18.4 Å². The van der Waals surface area contributed by atoms with E-state index >= 15 is 0 Å². The molecule has 2 aliphatic heterocycles. The fourth-order valence-corrected chi connectivity index (χ4v) is 3.42. The van der Waals surface area contributed by atoms with E-state index in [1.165, 1.54) is 11.0 Å². The van der Waals surface area contributed by atoms with Crippen LogP contribution in [0, 0.1) is 0 Å². The minimum atomic E-state index is -0.514. The number of amides is 2. The number of nitrogens with zero attached hydrogens (tertiary/aromatic N) is 1. The molecule has 134 valence electrons. The van der Waals surface area contributed by atoms with Crippen LogP contribution in [-0.4, -0.2) is 42.5 Å². The maximum absolute atomic E-state index is 12.4. The quantitative estimate of drug-likeness (QED) is 0.832. The predicted molar refractivity (Wildman–Crippen MR) is 93.8 cm³/mol. The molecule has 7 heteroatoms. The smallest absolute Gasteiger partial charge is 0.246 e. The topological polar surface area (TPSA) is 67.9 Å². The SMILES string of the molecule is C=CC(=O)N(Cc1cc(Cl)c2c(c1)OCCO2)C1CCCCNC1=O. The van der Waals surface area contributed by atoms with Crippen LogP contribution in [0.3, 0.4) is 0 Å². The second kappa shape index (κ2) is 7.78. The van der Waals surface area contributed by atoms with Crippen LogP contribution in [0.1, 0.15) is 24.8 Å². The van der Waals surface area contributed by atoms with Gasteiger partial charge in [-0.05, 0) is 43.0 Å². The van der Waals surface area contributed by atoms with Crippen LogP contribution in [0.15, 0.2) is 24.8 Å². The molecule has 0 aliphatic carbocycles. The first-order chi connectivity index (χ1) is 12.1. The third-order valence-corrected chi connectivity index (χ3v) is 4.63. The zero-order valence-electron chi connectivity index (χ0n) is 13.9. The van der Waals surface area contributed by atoms with Crippen molar-refractivity contribution in [1.29, 1.82) is 0 Å². The van der Waals surface area contributed by atoms with Crippen molar-refractivity contribution in [2.24, 2.45) is 0 Å². The zero-order chi connectivity index (χ0) is 17.8. The molecule has 2 aliphatic rings. The van der Waals surface area contributed by atoms with Crippen LogP contribution < -0.4 is 14.8 Å². The van der Waals surface area contributed by atoms with Crippen molar-refractivity contribution in [2.75, 3.05) is 19.8 Å². The monoisotopic (exact) mass is 364 g/mol. The fourth-order valence-electron chi connectivity index (χ4n) is 3.13. The van der Waals surface area contributed by atoms with Gasteiger partial charge in [0.1, 0.15) is 19.3 Å². The van der Waals surface area contributed by atoms with Crippen molar-refractivity contribution in [3.05, 3.63) is 35.4 Å². The van der Waals surface area contributed by atoms with Crippen molar-refractivity contribution < 1.29 is 19.1 Å². The molecule has 1 fully saturated rings. The largest absolute Gasteiger partial charge is 0.486 e. The normalized spacial score (nSPS) is 19.6. The van der Waals surface area contributed by atoms with Crippen LogP contribution in [0.25, 0.3) is 0 Å². The van der Waals surface area contributed by atoms with Gasteiger partial charge >= 0.3 is 0 Å². The Labute approximate surface area is 151 Å². The highest BCUT2D eigenvalue weighted by atomic mass is 35.5. The van der Waals surface area contributed by atoms with Gasteiger partial charge in [-0.15, -0.1) is 0 Å². The highest BCUT2D eigenvalue weighted by Crippen LogP contribution is 2.38.